The van der Waals surface area contributed by atoms with Crippen molar-refractivity contribution in [2.75, 3.05) is 0 Å². The number of hydrogen-bond donors (Lipinski definition) is 1. The number of carbonyl (C=O) groups excluding carboxylic acids is 1. The van der Waals surface area contributed by atoms with Gasteiger partial charge in [0.05, 0.1) is 17.4 Å². The molecule has 0 atom stereocenters. The number of aliphatic carboxylic acids is 1. The third-order valence-electron chi connectivity index (χ3n) is 3.47. The molecule has 0 spiro atoms. The molecular formula is C17H14N2O3. The molecule has 5 heteroatoms. The van der Waals surface area contributed by atoms with E-state index in [2.05, 4.69) is 4.98 Å². The van der Waals surface area contributed by atoms with Crippen LogP contribution in [0, 0.1) is 0 Å². The standard InChI is InChI=1S/C17H14N2O3/c20-16(9-17(21)22)13-7-5-12(6-8-13)10-19-11-18-14-3-1-2-4-15(14)19/h1-8,11H,9-10H2,(H,21,22). The van der Waals surface area contributed by atoms with Crippen molar-refractivity contribution in [2.45, 2.75) is 13.0 Å². The Morgan fingerprint density at radius 2 is 1.77 bits per heavy atom. The zero-order chi connectivity index (χ0) is 15.5. The lowest BCUT2D eigenvalue weighted by Crippen LogP contribution is -2.07. The lowest BCUT2D eigenvalue weighted by molar-refractivity contribution is -0.135. The van der Waals surface area contributed by atoms with E-state index < -0.39 is 12.4 Å². The van der Waals surface area contributed by atoms with Crippen LogP contribution in [0.4, 0.5) is 0 Å². The lowest BCUT2D eigenvalue weighted by atomic mass is 10.1. The molecule has 1 heterocycles. The molecule has 0 saturated heterocycles. The summed E-state index contributed by atoms with van der Waals surface area (Å²) < 4.78 is 2.03. The first-order valence-corrected chi connectivity index (χ1v) is 6.87. The zero-order valence-corrected chi connectivity index (χ0v) is 11.8. The van der Waals surface area contributed by atoms with Gasteiger partial charge in [0.2, 0.25) is 0 Å². The van der Waals surface area contributed by atoms with Crippen molar-refractivity contribution in [3.8, 4) is 0 Å². The highest BCUT2D eigenvalue weighted by Crippen LogP contribution is 2.15. The smallest absolute Gasteiger partial charge is 0.311 e. The highest BCUT2D eigenvalue weighted by Gasteiger charge is 2.10. The molecule has 0 radical (unpaired) electrons. The highest BCUT2D eigenvalue weighted by molar-refractivity contribution is 6.05. The normalized spacial score (nSPS) is 10.7. The number of benzene rings is 2. The van der Waals surface area contributed by atoms with E-state index in [9.17, 15) is 9.59 Å². The molecule has 0 aliphatic carbocycles. The van der Waals surface area contributed by atoms with Crippen molar-refractivity contribution in [3.63, 3.8) is 0 Å². The van der Waals surface area contributed by atoms with Gasteiger partial charge in [-0.05, 0) is 17.7 Å². The third-order valence-corrected chi connectivity index (χ3v) is 3.47. The molecule has 3 aromatic rings. The third kappa shape index (κ3) is 2.88. The first-order valence-electron chi connectivity index (χ1n) is 6.87. The minimum atomic E-state index is -1.11. The molecule has 3 rings (SSSR count). The van der Waals surface area contributed by atoms with Gasteiger partial charge in [-0.3, -0.25) is 9.59 Å². The summed E-state index contributed by atoms with van der Waals surface area (Å²) in [5, 5.41) is 8.64. The van der Waals surface area contributed by atoms with Gasteiger partial charge >= 0.3 is 5.97 Å². The van der Waals surface area contributed by atoms with Gasteiger partial charge in [0.25, 0.3) is 0 Å². The van der Waals surface area contributed by atoms with Crippen LogP contribution < -0.4 is 0 Å². The van der Waals surface area contributed by atoms with Crippen molar-refractivity contribution in [1.82, 2.24) is 9.55 Å². The van der Waals surface area contributed by atoms with Crippen LogP contribution >= 0.6 is 0 Å². The summed E-state index contributed by atoms with van der Waals surface area (Å²) in [7, 11) is 0. The molecule has 1 N–H and O–H groups in total. The second-order valence-electron chi connectivity index (χ2n) is 5.05. The van der Waals surface area contributed by atoms with Crippen molar-refractivity contribution < 1.29 is 14.7 Å². The van der Waals surface area contributed by atoms with Crippen molar-refractivity contribution in [2.24, 2.45) is 0 Å². The van der Waals surface area contributed by atoms with Gasteiger partial charge in [-0.2, -0.15) is 0 Å². The van der Waals surface area contributed by atoms with E-state index in [0.717, 1.165) is 16.6 Å². The number of rotatable bonds is 5. The van der Waals surface area contributed by atoms with E-state index >= 15 is 0 Å². The lowest BCUT2D eigenvalue weighted by Gasteiger charge is -2.05. The van der Waals surface area contributed by atoms with Crippen LogP contribution in [0.1, 0.15) is 22.3 Å². The number of Topliss-reactive ketones (excluding diaryl/α,β-unsaturated/α-hetero) is 1. The molecule has 1 aromatic heterocycles. The van der Waals surface area contributed by atoms with E-state index in [-0.39, 0.29) is 5.78 Å². The molecule has 0 aliphatic heterocycles. The zero-order valence-electron chi connectivity index (χ0n) is 11.8. The van der Waals surface area contributed by atoms with E-state index in [4.69, 9.17) is 5.11 Å². The number of imidazole rings is 1. The summed E-state index contributed by atoms with van der Waals surface area (Å²) in [6.45, 7) is 0.647. The maximum atomic E-state index is 11.7. The van der Waals surface area contributed by atoms with E-state index in [1.165, 1.54) is 0 Å². The fraction of sp³-hybridized carbons (Fsp3) is 0.118. The quantitative estimate of drug-likeness (QED) is 0.580. The van der Waals surface area contributed by atoms with Crippen LogP contribution in [0.25, 0.3) is 11.0 Å². The molecule has 0 aliphatic rings. The molecule has 5 nitrogen and oxygen atoms in total. The summed E-state index contributed by atoms with van der Waals surface area (Å²) in [5.74, 6) is -1.49. The summed E-state index contributed by atoms with van der Waals surface area (Å²) in [4.78, 5) is 26.6. The van der Waals surface area contributed by atoms with Gasteiger partial charge in [0, 0.05) is 12.1 Å². The van der Waals surface area contributed by atoms with Gasteiger partial charge in [-0.15, -0.1) is 0 Å². The SMILES string of the molecule is O=C(O)CC(=O)c1ccc(Cn2cnc3ccccc32)cc1. The number of carboxylic acid groups (broad SMARTS) is 1. The predicted molar refractivity (Wildman–Crippen MR) is 81.9 cm³/mol. The number of ketones is 1. The number of nitrogens with zero attached hydrogens (tertiary/aromatic N) is 2. The largest absolute Gasteiger partial charge is 0.481 e. The molecule has 22 heavy (non-hydrogen) atoms. The van der Waals surface area contributed by atoms with Gasteiger partial charge in [-0.25, -0.2) is 4.98 Å². The minimum Gasteiger partial charge on any atom is -0.481 e. The predicted octanol–water partition coefficient (Wildman–Crippen LogP) is 2.74. The number of carboxylic acids is 1. The van der Waals surface area contributed by atoms with Crippen LogP contribution in [0.3, 0.4) is 0 Å². The summed E-state index contributed by atoms with van der Waals surface area (Å²) in [6, 6.07) is 14.9. The summed E-state index contributed by atoms with van der Waals surface area (Å²) in [5.41, 5.74) is 3.43. The molecule has 0 unspecified atom stereocenters. The Morgan fingerprint density at radius 1 is 1.05 bits per heavy atom. The van der Waals surface area contributed by atoms with Crippen LogP contribution in [-0.2, 0) is 11.3 Å². The maximum Gasteiger partial charge on any atom is 0.311 e. The Morgan fingerprint density at radius 3 is 2.50 bits per heavy atom. The van der Waals surface area contributed by atoms with Gasteiger partial charge in [0.1, 0.15) is 6.42 Å². The highest BCUT2D eigenvalue weighted by atomic mass is 16.4. The molecule has 0 saturated carbocycles. The Bertz CT molecular complexity index is 834. The topological polar surface area (TPSA) is 72.2 Å². The van der Waals surface area contributed by atoms with E-state index in [1.54, 1.807) is 18.5 Å². The first kappa shape index (κ1) is 14.0. The summed E-state index contributed by atoms with van der Waals surface area (Å²) in [6.07, 6.45) is 1.31. The van der Waals surface area contributed by atoms with E-state index in [0.29, 0.717) is 12.1 Å². The van der Waals surface area contributed by atoms with Crippen LogP contribution in [0.15, 0.2) is 54.9 Å². The minimum absolute atomic E-state index is 0.382. The second-order valence-corrected chi connectivity index (χ2v) is 5.05. The Hall–Kier alpha value is -2.95. The monoisotopic (exact) mass is 294 g/mol. The van der Waals surface area contributed by atoms with Crippen LogP contribution in [-0.4, -0.2) is 26.4 Å². The van der Waals surface area contributed by atoms with Gasteiger partial charge in [0.15, 0.2) is 5.78 Å². The van der Waals surface area contributed by atoms with Crippen molar-refractivity contribution in [1.29, 1.82) is 0 Å². The van der Waals surface area contributed by atoms with Crippen molar-refractivity contribution >= 4 is 22.8 Å². The van der Waals surface area contributed by atoms with E-state index in [1.807, 2.05) is 41.0 Å². The fourth-order valence-corrected chi connectivity index (χ4v) is 2.37. The van der Waals surface area contributed by atoms with Gasteiger partial charge in [-0.1, -0.05) is 36.4 Å². The Kier molecular flexibility index (Phi) is 3.70. The molecule has 0 fully saturated rings. The summed E-state index contributed by atoms with van der Waals surface area (Å²) >= 11 is 0. The number of carbonyl (C=O) groups is 2. The Balaban J connectivity index is 1.79. The Labute approximate surface area is 126 Å². The average Bonchev–Trinajstić information content (AvgIpc) is 2.91. The number of para-hydroxylation sites is 2. The van der Waals surface area contributed by atoms with Crippen molar-refractivity contribution in [3.05, 3.63) is 66.0 Å². The molecule has 0 bridgehead atoms. The number of hydrogen-bond acceptors (Lipinski definition) is 3. The first-order chi connectivity index (χ1) is 10.6. The molecular weight excluding hydrogens is 280 g/mol. The molecule has 2 aromatic carbocycles. The molecule has 0 amide bonds. The average molecular weight is 294 g/mol. The van der Waals surface area contributed by atoms with Crippen LogP contribution in [0.2, 0.25) is 0 Å². The fourth-order valence-electron chi connectivity index (χ4n) is 2.37. The maximum absolute atomic E-state index is 11.7. The second kappa shape index (κ2) is 5.81. The van der Waals surface area contributed by atoms with Gasteiger partial charge < -0.3 is 9.67 Å². The number of aromatic nitrogens is 2. The molecule has 110 valence electrons. The van der Waals surface area contributed by atoms with Crippen LogP contribution in [0.5, 0.6) is 0 Å². The number of fused-ring (bicyclic) bond motifs is 1.